The Morgan fingerprint density at radius 1 is 1.17 bits per heavy atom. The van der Waals surface area contributed by atoms with Crippen molar-refractivity contribution >= 4 is 5.69 Å². The standard InChI is InChI=1S/C18H19NO4/c1-2-21-15-6-4-3-5-11(15)12-8-18(20)19-14-9-17-16(7-13(12)14)22-10-23-17/h3-7,9,12,18-20H,2,8,10H2,1H3/t12-,18?/m0/s1. The lowest BCUT2D eigenvalue weighted by atomic mass is 9.83. The molecular weight excluding hydrogens is 294 g/mol. The van der Waals surface area contributed by atoms with E-state index in [1.54, 1.807) is 0 Å². The average molecular weight is 313 g/mol. The molecule has 2 N–H and O–H groups in total. The monoisotopic (exact) mass is 313 g/mol. The molecule has 0 amide bonds. The summed E-state index contributed by atoms with van der Waals surface area (Å²) in [5, 5.41) is 13.4. The number of aliphatic hydroxyl groups is 1. The molecular formula is C18H19NO4. The Kier molecular flexibility index (Phi) is 3.50. The van der Waals surface area contributed by atoms with Crippen molar-refractivity contribution in [2.75, 3.05) is 18.7 Å². The van der Waals surface area contributed by atoms with Crippen LogP contribution in [0.1, 0.15) is 30.4 Å². The molecule has 2 aliphatic rings. The van der Waals surface area contributed by atoms with Crippen LogP contribution in [-0.4, -0.2) is 24.7 Å². The molecule has 0 bridgehead atoms. The van der Waals surface area contributed by atoms with Gasteiger partial charge in [-0.25, -0.2) is 0 Å². The Morgan fingerprint density at radius 3 is 2.78 bits per heavy atom. The van der Waals surface area contributed by atoms with Gasteiger partial charge in [0, 0.05) is 29.7 Å². The maximum Gasteiger partial charge on any atom is 0.231 e. The van der Waals surface area contributed by atoms with Crippen LogP contribution in [0.3, 0.4) is 0 Å². The number of aliphatic hydroxyl groups excluding tert-OH is 1. The minimum Gasteiger partial charge on any atom is -0.494 e. The van der Waals surface area contributed by atoms with Crippen LogP contribution in [0, 0.1) is 0 Å². The van der Waals surface area contributed by atoms with E-state index < -0.39 is 6.23 Å². The smallest absolute Gasteiger partial charge is 0.231 e. The summed E-state index contributed by atoms with van der Waals surface area (Å²) in [6.45, 7) is 2.82. The molecule has 2 atom stereocenters. The van der Waals surface area contributed by atoms with E-state index in [4.69, 9.17) is 14.2 Å². The van der Waals surface area contributed by atoms with E-state index in [-0.39, 0.29) is 12.7 Å². The van der Waals surface area contributed by atoms with Crippen LogP contribution < -0.4 is 19.5 Å². The summed E-state index contributed by atoms with van der Waals surface area (Å²) in [7, 11) is 0. The van der Waals surface area contributed by atoms with Crippen molar-refractivity contribution in [2.45, 2.75) is 25.5 Å². The molecule has 5 nitrogen and oxygen atoms in total. The van der Waals surface area contributed by atoms with Gasteiger partial charge in [0.15, 0.2) is 11.5 Å². The highest BCUT2D eigenvalue weighted by Crippen LogP contribution is 2.46. The second-order valence-electron chi connectivity index (χ2n) is 5.71. The number of rotatable bonds is 3. The van der Waals surface area contributed by atoms with E-state index in [1.807, 2.05) is 37.3 Å². The van der Waals surface area contributed by atoms with E-state index in [9.17, 15) is 5.11 Å². The van der Waals surface area contributed by atoms with Crippen molar-refractivity contribution in [1.29, 1.82) is 0 Å². The van der Waals surface area contributed by atoms with Gasteiger partial charge in [0.2, 0.25) is 6.79 Å². The van der Waals surface area contributed by atoms with Gasteiger partial charge in [-0.1, -0.05) is 18.2 Å². The Balaban J connectivity index is 1.82. The van der Waals surface area contributed by atoms with Gasteiger partial charge in [-0.2, -0.15) is 0 Å². The van der Waals surface area contributed by atoms with Crippen LogP contribution >= 0.6 is 0 Å². The van der Waals surface area contributed by atoms with Gasteiger partial charge in [0.05, 0.1) is 6.61 Å². The summed E-state index contributed by atoms with van der Waals surface area (Å²) in [4.78, 5) is 0. The van der Waals surface area contributed by atoms with Crippen molar-refractivity contribution in [3.05, 3.63) is 47.5 Å². The molecule has 2 aliphatic heterocycles. The zero-order chi connectivity index (χ0) is 15.8. The van der Waals surface area contributed by atoms with Crippen molar-refractivity contribution in [3.8, 4) is 17.2 Å². The van der Waals surface area contributed by atoms with E-state index in [0.717, 1.165) is 28.3 Å². The summed E-state index contributed by atoms with van der Waals surface area (Å²) >= 11 is 0. The Labute approximate surface area is 134 Å². The molecule has 0 saturated carbocycles. The van der Waals surface area contributed by atoms with Gasteiger partial charge in [-0.15, -0.1) is 0 Å². The van der Waals surface area contributed by atoms with E-state index in [2.05, 4.69) is 11.4 Å². The molecule has 1 unspecified atom stereocenters. The lowest BCUT2D eigenvalue weighted by Crippen LogP contribution is -2.28. The molecule has 5 heteroatoms. The van der Waals surface area contributed by atoms with Crippen LogP contribution in [0.15, 0.2) is 36.4 Å². The molecule has 2 aromatic carbocycles. The summed E-state index contributed by atoms with van der Waals surface area (Å²) in [5.41, 5.74) is 3.05. The number of anilines is 1. The largest absolute Gasteiger partial charge is 0.494 e. The van der Waals surface area contributed by atoms with E-state index in [1.165, 1.54) is 0 Å². The van der Waals surface area contributed by atoms with Crippen LogP contribution in [0.25, 0.3) is 0 Å². The molecule has 0 spiro atoms. The van der Waals surface area contributed by atoms with Gasteiger partial charge in [-0.05, 0) is 24.6 Å². The number of nitrogens with one attached hydrogen (secondary N) is 1. The summed E-state index contributed by atoms with van der Waals surface area (Å²) < 4.78 is 16.7. The van der Waals surface area contributed by atoms with Gasteiger partial charge < -0.3 is 24.6 Å². The number of hydrogen-bond acceptors (Lipinski definition) is 5. The van der Waals surface area contributed by atoms with Crippen LogP contribution in [0.5, 0.6) is 17.2 Å². The minimum atomic E-state index is -0.609. The quantitative estimate of drug-likeness (QED) is 0.912. The molecule has 2 aromatic rings. The summed E-state index contributed by atoms with van der Waals surface area (Å²) in [6.07, 6.45) is -0.0287. The number of hydrogen-bond donors (Lipinski definition) is 2. The average Bonchev–Trinajstić information content (AvgIpc) is 3.00. The predicted octanol–water partition coefficient (Wildman–Crippen LogP) is 3.08. The highest BCUT2D eigenvalue weighted by Gasteiger charge is 2.31. The molecule has 4 rings (SSSR count). The summed E-state index contributed by atoms with van der Waals surface area (Å²) in [5.74, 6) is 2.36. The number of para-hydroxylation sites is 1. The highest BCUT2D eigenvalue weighted by molar-refractivity contribution is 5.66. The van der Waals surface area contributed by atoms with Gasteiger partial charge >= 0.3 is 0 Å². The van der Waals surface area contributed by atoms with Gasteiger partial charge in [0.25, 0.3) is 0 Å². The fraction of sp³-hybridized carbons (Fsp3) is 0.333. The maximum atomic E-state index is 10.2. The fourth-order valence-electron chi connectivity index (χ4n) is 3.31. The normalized spacial score (nSPS) is 21.5. The van der Waals surface area contributed by atoms with Crippen LogP contribution in [0.2, 0.25) is 0 Å². The number of benzene rings is 2. The molecule has 0 aromatic heterocycles. The van der Waals surface area contributed by atoms with Crippen molar-refractivity contribution in [2.24, 2.45) is 0 Å². The molecule has 2 heterocycles. The van der Waals surface area contributed by atoms with E-state index in [0.29, 0.717) is 18.8 Å². The first kappa shape index (κ1) is 14.2. The van der Waals surface area contributed by atoms with Crippen molar-refractivity contribution < 1.29 is 19.3 Å². The second kappa shape index (κ2) is 5.66. The Morgan fingerprint density at radius 2 is 1.96 bits per heavy atom. The highest BCUT2D eigenvalue weighted by atomic mass is 16.7. The number of ether oxygens (including phenoxy) is 3. The Hall–Kier alpha value is -2.40. The summed E-state index contributed by atoms with van der Waals surface area (Å²) in [6, 6.07) is 11.9. The third-order valence-corrected chi connectivity index (χ3v) is 4.30. The Bertz CT molecular complexity index is 731. The van der Waals surface area contributed by atoms with Gasteiger partial charge in [0.1, 0.15) is 12.0 Å². The molecule has 0 saturated heterocycles. The lowest BCUT2D eigenvalue weighted by molar-refractivity contribution is 0.174. The van der Waals surface area contributed by atoms with Crippen molar-refractivity contribution in [3.63, 3.8) is 0 Å². The van der Waals surface area contributed by atoms with Crippen LogP contribution in [-0.2, 0) is 0 Å². The first-order chi connectivity index (χ1) is 11.3. The zero-order valence-corrected chi connectivity index (χ0v) is 12.9. The maximum absolute atomic E-state index is 10.2. The molecule has 120 valence electrons. The molecule has 0 fully saturated rings. The topological polar surface area (TPSA) is 60.0 Å². The molecule has 0 radical (unpaired) electrons. The fourth-order valence-corrected chi connectivity index (χ4v) is 3.31. The lowest BCUT2D eigenvalue weighted by Gasteiger charge is -2.31. The van der Waals surface area contributed by atoms with Crippen molar-refractivity contribution in [1.82, 2.24) is 0 Å². The second-order valence-corrected chi connectivity index (χ2v) is 5.71. The first-order valence-electron chi connectivity index (χ1n) is 7.86. The third kappa shape index (κ3) is 2.47. The molecule has 23 heavy (non-hydrogen) atoms. The minimum absolute atomic E-state index is 0.0403. The zero-order valence-electron chi connectivity index (χ0n) is 12.9. The first-order valence-corrected chi connectivity index (χ1v) is 7.86. The number of fused-ring (bicyclic) bond motifs is 2. The van der Waals surface area contributed by atoms with Gasteiger partial charge in [-0.3, -0.25) is 0 Å². The third-order valence-electron chi connectivity index (χ3n) is 4.30. The van der Waals surface area contributed by atoms with E-state index >= 15 is 0 Å². The molecule has 0 aliphatic carbocycles. The van der Waals surface area contributed by atoms with Crippen LogP contribution in [0.4, 0.5) is 5.69 Å². The predicted molar refractivity (Wildman–Crippen MR) is 86.3 cm³/mol. The SMILES string of the molecule is CCOc1ccccc1[C@@H]1CC(O)Nc2cc3c(cc21)OCO3.